The summed E-state index contributed by atoms with van der Waals surface area (Å²) < 4.78 is 22.2. The highest BCUT2D eigenvalue weighted by Crippen LogP contribution is 2.43. The van der Waals surface area contributed by atoms with Crippen molar-refractivity contribution in [1.82, 2.24) is 30.2 Å². The predicted octanol–water partition coefficient (Wildman–Crippen LogP) is 6.19. The summed E-state index contributed by atoms with van der Waals surface area (Å²) in [6, 6.07) is 0.323. The second-order valence-electron chi connectivity index (χ2n) is 16.3. The van der Waals surface area contributed by atoms with Gasteiger partial charge in [-0.25, -0.2) is 19.7 Å². The fourth-order valence-electron chi connectivity index (χ4n) is 5.85. The molecule has 12 nitrogen and oxygen atoms in total. The molecular formula is C32H55N7O5SSi2. The Labute approximate surface area is 285 Å². The normalized spacial score (nSPS) is 26.8. The summed E-state index contributed by atoms with van der Waals surface area (Å²) in [5, 5.41) is 9.50. The molecule has 6 atom stereocenters. The molecule has 0 spiro atoms. The fraction of sp³-hybridized carbons (Fsp3) is 0.781. The Kier molecular flexibility index (Phi) is 10.6. The minimum absolute atomic E-state index is 0.0336. The molecule has 1 unspecified atom stereocenters. The lowest BCUT2D eigenvalue weighted by Gasteiger charge is -2.39. The van der Waals surface area contributed by atoms with Crippen molar-refractivity contribution in [3.05, 3.63) is 12.7 Å². The number of anilines is 1. The van der Waals surface area contributed by atoms with Crippen molar-refractivity contribution in [3.8, 4) is 0 Å². The molecular weight excluding hydrogens is 651 g/mol. The summed E-state index contributed by atoms with van der Waals surface area (Å²) in [7, 11) is -4.10. The number of carbonyl (C=O) groups excluding carboxylic acids is 2. The number of urea groups is 1. The maximum Gasteiger partial charge on any atom is 0.315 e. The van der Waals surface area contributed by atoms with Gasteiger partial charge in [-0.2, -0.15) is 11.8 Å². The highest BCUT2D eigenvalue weighted by atomic mass is 32.2. The van der Waals surface area contributed by atoms with Crippen LogP contribution in [0.25, 0.3) is 11.2 Å². The highest BCUT2D eigenvalue weighted by molar-refractivity contribution is 8.00. The molecule has 3 fully saturated rings. The van der Waals surface area contributed by atoms with E-state index in [1.165, 1.54) is 6.33 Å². The molecule has 0 aromatic carbocycles. The van der Waals surface area contributed by atoms with Gasteiger partial charge in [0.15, 0.2) is 39.8 Å². The van der Waals surface area contributed by atoms with Crippen molar-refractivity contribution >= 4 is 57.3 Å². The van der Waals surface area contributed by atoms with Crippen LogP contribution in [-0.2, 0) is 18.4 Å². The average molecular weight is 706 g/mol. The number of nitrogens with one attached hydrogen (secondary N) is 3. The molecule has 0 aliphatic carbocycles. The van der Waals surface area contributed by atoms with Gasteiger partial charge in [-0.05, 0) is 49.1 Å². The van der Waals surface area contributed by atoms with Crippen LogP contribution in [0.1, 0.15) is 79.9 Å². The molecule has 2 aromatic heterocycles. The number of carbonyl (C=O) groups is 2. The summed E-state index contributed by atoms with van der Waals surface area (Å²) in [5.74, 6) is 1.22. The zero-order valence-electron chi connectivity index (χ0n) is 29.8. The van der Waals surface area contributed by atoms with Gasteiger partial charge in [0.1, 0.15) is 6.33 Å². The Morgan fingerprint density at radius 2 is 1.79 bits per heavy atom. The zero-order chi connectivity index (χ0) is 34.4. The van der Waals surface area contributed by atoms with Crippen molar-refractivity contribution in [3.63, 3.8) is 0 Å². The molecule has 262 valence electrons. The first-order valence-electron chi connectivity index (χ1n) is 17.0. The summed E-state index contributed by atoms with van der Waals surface area (Å²) in [5.41, 5.74) is 1.12. The van der Waals surface area contributed by atoms with Crippen LogP contribution in [0.4, 0.5) is 10.6 Å². The molecule has 3 aliphatic heterocycles. The fourth-order valence-corrected chi connectivity index (χ4v) is 9.75. The molecule has 0 saturated carbocycles. The molecule has 3 amide bonds. The van der Waals surface area contributed by atoms with E-state index >= 15 is 0 Å². The van der Waals surface area contributed by atoms with E-state index in [0.717, 1.165) is 25.0 Å². The first kappa shape index (κ1) is 36.2. The van der Waals surface area contributed by atoms with Crippen LogP contribution in [0.2, 0.25) is 36.3 Å². The number of amides is 3. The third kappa shape index (κ3) is 8.06. The Bertz CT molecular complexity index is 1440. The SMILES string of the molecule is CC(C)(C)[Si](C)(C)OC[C@@H]1CC(O[Si](C)(C)C(C)(C)C)[C@H](n2cnc3c(NC(=O)CCCC[C@@H]4SC[C@@H]5NC(=O)N[C@@H]54)ncnc32)O1. The summed E-state index contributed by atoms with van der Waals surface area (Å²) >= 11 is 1.89. The van der Waals surface area contributed by atoms with Gasteiger partial charge in [-0.3, -0.25) is 9.36 Å². The van der Waals surface area contributed by atoms with E-state index in [1.807, 2.05) is 16.3 Å². The number of hydrogen-bond donors (Lipinski definition) is 3. The molecule has 15 heteroatoms. The van der Waals surface area contributed by atoms with Crippen LogP contribution in [0, 0.1) is 0 Å². The number of hydrogen-bond acceptors (Lipinski definition) is 9. The number of thioether (sulfide) groups is 1. The third-order valence-electron chi connectivity index (χ3n) is 10.8. The standard InChI is InChI=1S/C32H55N7O5SSi2/c1-31(2,3)46(7,8)42-16-20-15-22(44-47(9,10)32(4,5)6)29(43-20)39-19-35-26-27(33-18-34-28(26)39)37-24(40)14-12-11-13-23-25-21(17-45-23)36-30(41)38-25/h18-23,25,29H,11-17H2,1-10H3,(H2,36,38,41)(H,33,34,37,40)/t20-,21-,22?,23-,25-,29+/m0/s1. The van der Waals surface area contributed by atoms with Crippen LogP contribution in [-0.4, -0.2) is 90.0 Å². The Balaban J connectivity index is 1.25. The topological polar surface area (TPSA) is 142 Å². The van der Waals surface area contributed by atoms with Crippen LogP contribution in [0.15, 0.2) is 12.7 Å². The van der Waals surface area contributed by atoms with E-state index in [1.54, 1.807) is 6.33 Å². The van der Waals surface area contributed by atoms with Gasteiger partial charge in [0.2, 0.25) is 5.91 Å². The largest absolute Gasteiger partial charge is 0.414 e. The zero-order valence-corrected chi connectivity index (χ0v) is 32.6. The quantitative estimate of drug-likeness (QED) is 0.134. The number of imidazole rings is 1. The van der Waals surface area contributed by atoms with Crippen molar-refractivity contribution in [2.75, 3.05) is 17.7 Å². The number of unbranched alkanes of at least 4 members (excludes halogenated alkanes) is 1. The van der Waals surface area contributed by atoms with E-state index in [2.05, 4.69) is 98.6 Å². The lowest BCUT2D eigenvalue weighted by molar-refractivity contribution is -0.116. The predicted molar refractivity (Wildman–Crippen MR) is 192 cm³/mol. The van der Waals surface area contributed by atoms with Gasteiger partial charge < -0.3 is 29.5 Å². The van der Waals surface area contributed by atoms with Crippen molar-refractivity contribution in [2.24, 2.45) is 0 Å². The molecule has 5 heterocycles. The molecule has 0 bridgehead atoms. The first-order chi connectivity index (χ1) is 21.9. The number of ether oxygens (including phenoxy) is 1. The van der Waals surface area contributed by atoms with Gasteiger partial charge in [0, 0.05) is 23.8 Å². The van der Waals surface area contributed by atoms with Gasteiger partial charge >= 0.3 is 6.03 Å². The van der Waals surface area contributed by atoms with Crippen molar-refractivity contribution in [2.45, 2.75) is 146 Å². The summed E-state index contributed by atoms with van der Waals surface area (Å²) in [6.07, 6.45) is 6.15. The highest BCUT2D eigenvalue weighted by Gasteiger charge is 2.47. The van der Waals surface area contributed by atoms with Crippen LogP contribution >= 0.6 is 11.8 Å². The summed E-state index contributed by atoms with van der Waals surface area (Å²) in [4.78, 5) is 38.3. The van der Waals surface area contributed by atoms with Crippen LogP contribution in [0.3, 0.4) is 0 Å². The first-order valence-corrected chi connectivity index (χ1v) is 23.9. The molecule has 3 saturated heterocycles. The molecule has 3 aliphatic rings. The molecule has 3 N–H and O–H groups in total. The number of fused-ring (bicyclic) bond motifs is 2. The van der Waals surface area contributed by atoms with E-state index in [9.17, 15) is 9.59 Å². The van der Waals surface area contributed by atoms with E-state index in [4.69, 9.17) is 13.6 Å². The molecule has 5 rings (SSSR count). The molecule has 47 heavy (non-hydrogen) atoms. The Morgan fingerprint density at radius 1 is 1.06 bits per heavy atom. The Hall–Kier alpha value is -2.05. The summed E-state index contributed by atoms with van der Waals surface area (Å²) in [6.45, 7) is 23.0. The minimum Gasteiger partial charge on any atom is -0.414 e. The number of nitrogens with zero attached hydrogens (tertiary/aromatic N) is 4. The number of rotatable bonds is 12. The second-order valence-corrected chi connectivity index (χ2v) is 27.2. The third-order valence-corrected chi connectivity index (χ3v) is 21.3. The monoisotopic (exact) mass is 705 g/mol. The van der Waals surface area contributed by atoms with Crippen molar-refractivity contribution < 1.29 is 23.2 Å². The number of aromatic nitrogens is 4. The van der Waals surface area contributed by atoms with Gasteiger partial charge in [0.05, 0.1) is 37.2 Å². The average Bonchev–Trinajstić information content (AvgIpc) is 3.72. The van der Waals surface area contributed by atoms with E-state index < -0.39 is 22.9 Å². The Morgan fingerprint density at radius 3 is 2.49 bits per heavy atom. The lowest BCUT2D eigenvalue weighted by Crippen LogP contribution is -2.45. The minimum atomic E-state index is -2.14. The van der Waals surface area contributed by atoms with E-state index in [-0.39, 0.29) is 46.3 Å². The van der Waals surface area contributed by atoms with Crippen LogP contribution in [0.5, 0.6) is 0 Å². The maximum atomic E-state index is 13.0. The van der Waals surface area contributed by atoms with Gasteiger partial charge in [-0.15, -0.1) is 0 Å². The van der Waals surface area contributed by atoms with Crippen LogP contribution < -0.4 is 16.0 Å². The van der Waals surface area contributed by atoms with E-state index in [0.29, 0.717) is 41.7 Å². The lowest BCUT2D eigenvalue weighted by atomic mass is 10.0. The molecule has 2 aromatic rings. The molecule has 0 radical (unpaired) electrons. The smallest absolute Gasteiger partial charge is 0.315 e. The maximum absolute atomic E-state index is 13.0. The van der Waals surface area contributed by atoms with Gasteiger partial charge in [0.25, 0.3) is 0 Å². The second kappa shape index (κ2) is 13.7. The van der Waals surface area contributed by atoms with Crippen molar-refractivity contribution in [1.29, 1.82) is 0 Å². The van der Waals surface area contributed by atoms with Gasteiger partial charge in [-0.1, -0.05) is 48.0 Å².